The number of aromatic nitrogens is 3. The standard InChI is InChI=1S/C19H26N4O/c1-15-5-2-7-17(13-15)24-12-11-22-9-3-6-16(14-22)19-21-20-18-8-4-10-23(18)19/h2,5,7,13,16H,3-4,6,8-12,14H2,1H3/t16-/m1/s1. The molecule has 2 aliphatic heterocycles. The number of piperidine rings is 1. The fourth-order valence-corrected chi connectivity index (χ4v) is 3.94. The molecule has 5 heteroatoms. The van der Waals surface area contributed by atoms with Crippen LogP contribution < -0.4 is 4.74 Å². The van der Waals surface area contributed by atoms with Crippen molar-refractivity contribution in [2.45, 2.75) is 45.1 Å². The van der Waals surface area contributed by atoms with Crippen LogP contribution in [0.15, 0.2) is 24.3 Å². The van der Waals surface area contributed by atoms with Gasteiger partial charge in [0.05, 0.1) is 0 Å². The van der Waals surface area contributed by atoms with Crippen LogP contribution in [0.4, 0.5) is 0 Å². The maximum absolute atomic E-state index is 5.91. The highest BCUT2D eigenvalue weighted by Gasteiger charge is 2.28. The largest absolute Gasteiger partial charge is 0.492 e. The highest BCUT2D eigenvalue weighted by atomic mass is 16.5. The molecule has 0 amide bonds. The number of hydrogen-bond acceptors (Lipinski definition) is 4. The van der Waals surface area contributed by atoms with E-state index in [-0.39, 0.29) is 0 Å². The molecule has 0 saturated carbocycles. The first-order valence-corrected chi connectivity index (χ1v) is 9.13. The fraction of sp³-hybridized carbons (Fsp3) is 0.579. The van der Waals surface area contributed by atoms with Crippen molar-refractivity contribution in [1.29, 1.82) is 0 Å². The zero-order valence-corrected chi connectivity index (χ0v) is 14.4. The Balaban J connectivity index is 1.32. The van der Waals surface area contributed by atoms with Crippen LogP contribution in [0.1, 0.15) is 42.4 Å². The highest BCUT2D eigenvalue weighted by molar-refractivity contribution is 5.27. The van der Waals surface area contributed by atoms with Gasteiger partial charge in [-0.1, -0.05) is 12.1 Å². The summed E-state index contributed by atoms with van der Waals surface area (Å²) in [5.41, 5.74) is 1.24. The lowest BCUT2D eigenvalue weighted by Crippen LogP contribution is -2.37. The van der Waals surface area contributed by atoms with E-state index in [1.807, 2.05) is 12.1 Å². The van der Waals surface area contributed by atoms with Crippen LogP contribution in [0, 0.1) is 6.92 Å². The topological polar surface area (TPSA) is 43.2 Å². The molecular weight excluding hydrogens is 300 g/mol. The summed E-state index contributed by atoms with van der Waals surface area (Å²) in [7, 11) is 0. The molecule has 24 heavy (non-hydrogen) atoms. The Labute approximate surface area is 143 Å². The Hall–Kier alpha value is -1.88. The first kappa shape index (κ1) is 15.6. The summed E-state index contributed by atoms with van der Waals surface area (Å²) >= 11 is 0. The third-order valence-electron chi connectivity index (χ3n) is 5.17. The van der Waals surface area contributed by atoms with E-state index in [1.165, 1.54) is 36.5 Å². The van der Waals surface area contributed by atoms with Crippen LogP contribution in [-0.4, -0.2) is 45.9 Å². The van der Waals surface area contributed by atoms with Crippen molar-refractivity contribution in [3.05, 3.63) is 41.5 Å². The molecule has 0 N–H and O–H groups in total. The molecule has 128 valence electrons. The van der Waals surface area contributed by atoms with Gasteiger partial charge in [-0.25, -0.2) is 0 Å². The van der Waals surface area contributed by atoms with E-state index in [9.17, 15) is 0 Å². The molecule has 1 saturated heterocycles. The molecule has 1 fully saturated rings. The minimum absolute atomic E-state index is 0.525. The predicted molar refractivity (Wildman–Crippen MR) is 93.4 cm³/mol. The summed E-state index contributed by atoms with van der Waals surface area (Å²) in [6.45, 7) is 7.16. The molecule has 0 radical (unpaired) electrons. The zero-order chi connectivity index (χ0) is 16.4. The van der Waals surface area contributed by atoms with Crippen LogP contribution in [0.25, 0.3) is 0 Å². The predicted octanol–water partition coefficient (Wildman–Crippen LogP) is 2.79. The molecule has 2 aliphatic rings. The molecular formula is C19H26N4O. The van der Waals surface area contributed by atoms with Gasteiger partial charge < -0.3 is 9.30 Å². The second-order valence-electron chi connectivity index (χ2n) is 7.03. The molecule has 0 spiro atoms. The van der Waals surface area contributed by atoms with E-state index < -0.39 is 0 Å². The molecule has 1 aromatic carbocycles. The third kappa shape index (κ3) is 3.31. The maximum Gasteiger partial charge on any atom is 0.137 e. The minimum atomic E-state index is 0.525. The average Bonchev–Trinajstić information content (AvgIpc) is 3.18. The minimum Gasteiger partial charge on any atom is -0.492 e. The Morgan fingerprint density at radius 2 is 2.17 bits per heavy atom. The summed E-state index contributed by atoms with van der Waals surface area (Å²) in [5.74, 6) is 3.90. The number of nitrogens with zero attached hydrogens (tertiary/aromatic N) is 4. The molecule has 0 unspecified atom stereocenters. The van der Waals surface area contributed by atoms with Crippen LogP contribution in [0.3, 0.4) is 0 Å². The second kappa shape index (κ2) is 6.93. The van der Waals surface area contributed by atoms with Crippen molar-refractivity contribution < 1.29 is 4.74 Å². The second-order valence-corrected chi connectivity index (χ2v) is 7.03. The van der Waals surface area contributed by atoms with Crippen molar-refractivity contribution in [1.82, 2.24) is 19.7 Å². The van der Waals surface area contributed by atoms with Crippen molar-refractivity contribution in [3.8, 4) is 5.75 Å². The van der Waals surface area contributed by atoms with E-state index >= 15 is 0 Å². The van der Waals surface area contributed by atoms with Crippen LogP contribution in [0.2, 0.25) is 0 Å². The van der Waals surface area contributed by atoms with Crippen molar-refractivity contribution in [2.24, 2.45) is 0 Å². The number of fused-ring (bicyclic) bond motifs is 1. The number of hydrogen-bond donors (Lipinski definition) is 0. The number of likely N-dealkylation sites (tertiary alicyclic amines) is 1. The van der Waals surface area contributed by atoms with Gasteiger partial charge in [-0.3, -0.25) is 4.90 Å². The average molecular weight is 326 g/mol. The van der Waals surface area contributed by atoms with Gasteiger partial charge in [-0.15, -0.1) is 10.2 Å². The summed E-state index contributed by atoms with van der Waals surface area (Å²) in [4.78, 5) is 2.51. The Morgan fingerprint density at radius 3 is 3.08 bits per heavy atom. The highest BCUT2D eigenvalue weighted by Crippen LogP contribution is 2.28. The normalized spacial score (nSPS) is 21.0. The Morgan fingerprint density at radius 1 is 1.21 bits per heavy atom. The lowest BCUT2D eigenvalue weighted by Gasteiger charge is -2.32. The quantitative estimate of drug-likeness (QED) is 0.847. The summed E-state index contributed by atoms with van der Waals surface area (Å²) in [6.07, 6.45) is 4.77. The molecule has 4 rings (SSSR count). The van der Waals surface area contributed by atoms with E-state index in [2.05, 4.69) is 38.7 Å². The van der Waals surface area contributed by atoms with Gasteiger partial charge in [0.15, 0.2) is 0 Å². The van der Waals surface area contributed by atoms with Gasteiger partial charge >= 0.3 is 0 Å². The molecule has 5 nitrogen and oxygen atoms in total. The van der Waals surface area contributed by atoms with E-state index in [4.69, 9.17) is 4.74 Å². The van der Waals surface area contributed by atoms with Crippen molar-refractivity contribution in [3.63, 3.8) is 0 Å². The summed E-state index contributed by atoms with van der Waals surface area (Å²) in [6, 6.07) is 8.27. The number of rotatable bonds is 5. The van der Waals surface area contributed by atoms with Gasteiger partial charge in [-0.2, -0.15) is 0 Å². The molecule has 3 heterocycles. The lowest BCUT2D eigenvalue weighted by atomic mass is 9.97. The molecule has 2 aromatic rings. The van der Waals surface area contributed by atoms with Gasteiger partial charge in [0, 0.05) is 32.0 Å². The summed E-state index contributed by atoms with van der Waals surface area (Å²) in [5, 5.41) is 8.87. The Bertz CT molecular complexity index is 696. The summed E-state index contributed by atoms with van der Waals surface area (Å²) < 4.78 is 8.27. The molecule has 1 aromatic heterocycles. The van der Waals surface area contributed by atoms with Gasteiger partial charge in [0.1, 0.15) is 24.0 Å². The first-order valence-electron chi connectivity index (χ1n) is 9.13. The maximum atomic E-state index is 5.91. The van der Waals surface area contributed by atoms with E-state index in [1.54, 1.807) is 0 Å². The van der Waals surface area contributed by atoms with Gasteiger partial charge in [0.25, 0.3) is 0 Å². The lowest BCUT2D eigenvalue weighted by molar-refractivity contribution is 0.166. The fourth-order valence-electron chi connectivity index (χ4n) is 3.94. The van der Waals surface area contributed by atoms with E-state index in [0.29, 0.717) is 5.92 Å². The first-order chi connectivity index (χ1) is 11.8. The monoisotopic (exact) mass is 326 g/mol. The van der Waals surface area contributed by atoms with Gasteiger partial charge in [0.2, 0.25) is 0 Å². The zero-order valence-electron chi connectivity index (χ0n) is 14.4. The SMILES string of the molecule is Cc1cccc(OCCN2CCC[C@@H](c3nnc4n3CCC4)C2)c1. The molecule has 1 atom stereocenters. The van der Waals surface area contributed by atoms with Crippen molar-refractivity contribution in [2.75, 3.05) is 26.2 Å². The van der Waals surface area contributed by atoms with Crippen molar-refractivity contribution >= 4 is 0 Å². The van der Waals surface area contributed by atoms with Crippen LogP contribution >= 0.6 is 0 Å². The number of ether oxygens (including phenoxy) is 1. The number of benzene rings is 1. The third-order valence-corrected chi connectivity index (χ3v) is 5.17. The molecule has 0 aliphatic carbocycles. The molecule has 0 bridgehead atoms. The number of aryl methyl sites for hydroxylation is 2. The van der Waals surface area contributed by atoms with E-state index in [0.717, 1.165) is 45.0 Å². The van der Waals surface area contributed by atoms with Gasteiger partial charge in [-0.05, 0) is 50.4 Å². The smallest absolute Gasteiger partial charge is 0.137 e. The Kier molecular flexibility index (Phi) is 4.52. The van der Waals surface area contributed by atoms with Crippen LogP contribution in [0.5, 0.6) is 5.75 Å². The van der Waals surface area contributed by atoms with Crippen LogP contribution in [-0.2, 0) is 13.0 Å².